The Morgan fingerprint density at radius 3 is 2.56 bits per heavy atom. The third-order valence-electron chi connectivity index (χ3n) is 2.54. The molecule has 1 aromatic carbocycles. The Bertz CT molecular complexity index is 339. The molecular formula is C12H18ClNOS. The van der Waals surface area contributed by atoms with Gasteiger partial charge >= 0.3 is 0 Å². The van der Waals surface area contributed by atoms with Gasteiger partial charge in [0.25, 0.3) is 0 Å². The molecule has 2 atom stereocenters. The molecule has 0 saturated carbocycles. The summed E-state index contributed by atoms with van der Waals surface area (Å²) in [4.78, 5) is 0. The average Bonchev–Trinajstić information content (AvgIpc) is 2.26. The summed E-state index contributed by atoms with van der Waals surface area (Å²) in [5.41, 5.74) is 1.22. The van der Waals surface area contributed by atoms with E-state index in [0.717, 1.165) is 24.5 Å². The molecule has 0 aliphatic heterocycles. The molecule has 0 aliphatic carbocycles. The van der Waals surface area contributed by atoms with Crippen LogP contribution in [-0.4, -0.2) is 22.3 Å². The fraction of sp³-hybridized carbons (Fsp3) is 0.500. The Morgan fingerprint density at radius 2 is 2.00 bits per heavy atom. The van der Waals surface area contributed by atoms with Crippen LogP contribution in [0.4, 0.5) is 0 Å². The van der Waals surface area contributed by atoms with Crippen molar-refractivity contribution in [2.45, 2.75) is 25.1 Å². The van der Waals surface area contributed by atoms with Crippen LogP contribution in [0.1, 0.15) is 18.9 Å². The Balaban J connectivity index is 2.21. The van der Waals surface area contributed by atoms with Gasteiger partial charge in [-0.2, -0.15) is 0 Å². The first-order chi connectivity index (χ1) is 7.59. The van der Waals surface area contributed by atoms with Gasteiger partial charge in [0, 0.05) is 33.9 Å². The van der Waals surface area contributed by atoms with Crippen LogP contribution in [0, 0.1) is 0 Å². The second kappa shape index (κ2) is 7.05. The highest BCUT2D eigenvalue weighted by Gasteiger charge is 2.04. The van der Waals surface area contributed by atoms with Gasteiger partial charge in [-0.25, -0.2) is 0 Å². The topological polar surface area (TPSA) is 29.1 Å². The zero-order valence-corrected chi connectivity index (χ0v) is 11.3. The largest absolute Gasteiger partial charge is 0.313 e. The van der Waals surface area contributed by atoms with E-state index in [4.69, 9.17) is 11.6 Å². The van der Waals surface area contributed by atoms with Gasteiger partial charge in [0.2, 0.25) is 0 Å². The molecule has 1 rings (SSSR count). The lowest BCUT2D eigenvalue weighted by molar-refractivity contribution is 0.629. The molecule has 0 amide bonds. The molecule has 1 aromatic rings. The van der Waals surface area contributed by atoms with E-state index in [1.165, 1.54) is 5.56 Å². The minimum absolute atomic E-state index is 0.262. The smallest absolute Gasteiger partial charge is 0.0406 e. The molecule has 0 bridgehead atoms. The minimum Gasteiger partial charge on any atom is -0.313 e. The van der Waals surface area contributed by atoms with Crippen LogP contribution >= 0.6 is 11.6 Å². The predicted molar refractivity (Wildman–Crippen MR) is 71.3 cm³/mol. The van der Waals surface area contributed by atoms with Crippen LogP contribution in [0.5, 0.6) is 0 Å². The van der Waals surface area contributed by atoms with Crippen molar-refractivity contribution >= 4 is 22.4 Å². The zero-order valence-electron chi connectivity index (χ0n) is 9.70. The van der Waals surface area contributed by atoms with Crippen molar-refractivity contribution in [3.05, 3.63) is 34.9 Å². The van der Waals surface area contributed by atoms with Gasteiger partial charge in [0.1, 0.15) is 0 Å². The van der Waals surface area contributed by atoms with E-state index in [1.54, 1.807) is 6.26 Å². The fourth-order valence-corrected chi connectivity index (χ4v) is 1.88. The molecule has 0 spiro atoms. The number of hydrogen-bond donors (Lipinski definition) is 1. The summed E-state index contributed by atoms with van der Waals surface area (Å²) in [5, 5.41) is 4.35. The quantitative estimate of drug-likeness (QED) is 0.796. The van der Waals surface area contributed by atoms with Crippen molar-refractivity contribution in [3.63, 3.8) is 0 Å². The maximum absolute atomic E-state index is 11.1. The molecule has 16 heavy (non-hydrogen) atoms. The highest BCUT2D eigenvalue weighted by atomic mass is 35.5. The van der Waals surface area contributed by atoms with Crippen molar-refractivity contribution in [2.24, 2.45) is 0 Å². The van der Waals surface area contributed by atoms with E-state index in [0.29, 0.717) is 0 Å². The number of hydrogen-bond acceptors (Lipinski definition) is 2. The summed E-state index contributed by atoms with van der Waals surface area (Å²) in [7, 11) is -0.719. The lowest BCUT2D eigenvalue weighted by Crippen LogP contribution is -2.20. The lowest BCUT2D eigenvalue weighted by Gasteiger charge is -2.09. The van der Waals surface area contributed by atoms with Gasteiger partial charge in [0.15, 0.2) is 0 Å². The number of halogens is 1. The number of nitrogens with one attached hydrogen (secondary N) is 1. The van der Waals surface area contributed by atoms with Gasteiger partial charge in [0.05, 0.1) is 0 Å². The summed E-state index contributed by atoms with van der Waals surface area (Å²) in [6.45, 7) is 3.74. The molecule has 0 aliphatic rings. The van der Waals surface area contributed by atoms with E-state index in [9.17, 15) is 4.21 Å². The summed E-state index contributed by atoms with van der Waals surface area (Å²) >= 11 is 5.80. The Labute approximate surface area is 105 Å². The first-order valence-corrected chi connectivity index (χ1v) is 7.37. The van der Waals surface area contributed by atoms with Crippen LogP contribution in [0.25, 0.3) is 0 Å². The van der Waals surface area contributed by atoms with E-state index in [-0.39, 0.29) is 5.25 Å². The highest BCUT2D eigenvalue weighted by molar-refractivity contribution is 7.84. The van der Waals surface area contributed by atoms with Crippen LogP contribution in [0.2, 0.25) is 5.02 Å². The van der Waals surface area contributed by atoms with E-state index < -0.39 is 10.8 Å². The van der Waals surface area contributed by atoms with Crippen molar-refractivity contribution in [1.82, 2.24) is 5.32 Å². The summed E-state index contributed by atoms with van der Waals surface area (Å²) in [5.74, 6) is 0. The van der Waals surface area contributed by atoms with Crippen LogP contribution in [-0.2, 0) is 17.3 Å². The third kappa shape index (κ3) is 5.10. The molecule has 1 N–H and O–H groups in total. The monoisotopic (exact) mass is 259 g/mol. The van der Waals surface area contributed by atoms with Gasteiger partial charge in [-0.05, 0) is 30.7 Å². The van der Waals surface area contributed by atoms with Gasteiger partial charge in [-0.3, -0.25) is 4.21 Å². The minimum atomic E-state index is -0.719. The SMILES string of the molecule is CC(CCNCc1ccc(Cl)cc1)S(C)=O. The van der Waals surface area contributed by atoms with Crippen LogP contribution in [0.3, 0.4) is 0 Å². The standard InChI is InChI=1S/C12H18ClNOS/c1-10(16(2)15)7-8-14-9-11-3-5-12(13)6-4-11/h3-6,10,14H,7-9H2,1-2H3. The van der Waals surface area contributed by atoms with Crippen LogP contribution in [0.15, 0.2) is 24.3 Å². The normalized spacial score (nSPS) is 14.7. The van der Waals surface area contributed by atoms with Crippen molar-refractivity contribution in [1.29, 1.82) is 0 Å². The van der Waals surface area contributed by atoms with Crippen LogP contribution < -0.4 is 5.32 Å². The Morgan fingerprint density at radius 1 is 1.38 bits per heavy atom. The third-order valence-corrected chi connectivity index (χ3v) is 4.16. The van der Waals surface area contributed by atoms with Gasteiger partial charge in [-0.15, -0.1) is 0 Å². The average molecular weight is 260 g/mol. The first kappa shape index (κ1) is 13.7. The highest BCUT2D eigenvalue weighted by Crippen LogP contribution is 2.09. The molecular weight excluding hydrogens is 242 g/mol. The zero-order chi connectivity index (χ0) is 12.0. The molecule has 0 heterocycles. The van der Waals surface area contributed by atoms with E-state index in [2.05, 4.69) is 5.32 Å². The molecule has 0 radical (unpaired) electrons. The maximum Gasteiger partial charge on any atom is 0.0406 e. The predicted octanol–water partition coefficient (Wildman–Crippen LogP) is 2.59. The van der Waals surface area contributed by atoms with Gasteiger partial charge in [-0.1, -0.05) is 30.7 Å². The van der Waals surface area contributed by atoms with E-state index in [1.807, 2.05) is 31.2 Å². The van der Waals surface area contributed by atoms with Crippen molar-refractivity contribution in [2.75, 3.05) is 12.8 Å². The molecule has 90 valence electrons. The first-order valence-electron chi connectivity index (χ1n) is 5.37. The Kier molecular flexibility index (Phi) is 6.03. The van der Waals surface area contributed by atoms with E-state index >= 15 is 0 Å². The lowest BCUT2D eigenvalue weighted by atomic mass is 10.2. The van der Waals surface area contributed by atoms with Crippen molar-refractivity contribution < 1.29 is 4.21 Å². The fourth-order valence-electron chi connectivity index (χ4n) is 1.31. The molecule has 4 heteroatoms. The number of benzene rings is 1. The molecule has 0 saturated heterocycles. The number of rotatable bonds is 6. The summed E-state index contributed by atoms with van der Waals surface area (Å²) in [6.07, 6.45) is 2.70. The molecule has 2 unspecified atom stereocenters. The molecule has 2 nitrogen and oxygen atoms in total. The second-order valence-corrected chi connectivity index (χ2v) is 6.14. The summed E-state index contributed by atoms with van der Waals surface area (Å²) in [6, 6.07) is 7.80. The van der Waals surface area contributed by atoms with Gasteiger partial charge < -0.3 is 5.32 Å². The second-order valence-electron chi connectivity index (χ2n) is 3.90. The maximum atomic E-state index is 11.1. The van der Waals surface area contributed by atoms with Crippen molar-refractivity contribution in [3.8, 4) is 0 Å². The molecule has 0 fully saturated rings. The Hall–Kier alpha value is -0.380. The summed E-state index contributed by atoms with van der Waals surface area (Å²) < 4.78 is 11.1. The molecule has 0 aromatic heterocycles.